The maximum atomic E-state index is 12.0. The summed E-state index contributed by atoms with van der Waals surface area (Å²) in [6, 6.07) is 13.6. The van der Waals surface area contributed by atoms with E-state index in [2.05, 4.69) is 5.32 Å². The molecule has 0 aliphatic carbocycles. The summed E-state index contributed by atoms with van der Waals surface area (Å²) in [7, 11) is 0. The molecule has 0 unspecified atom stereocenters. The lowest BCUT2D eigenvalue weighted by atomic mass is 10.1. The molecule has 0 radical (unpaired) electrons. The SMILES string of the molecule is C[C@@H](Cc1ccccc1)NC(=O)OC[n+]1ccc([C@H](O)N2CCOCC2)cc1. The molecule has 150 valence electrons. The van der Waals surface area contributed by atoms with Crippen molar-refractivity contribution in [3.05, 3.63) is 66.0 Å². The van der Waals surface area contributed by atoms with E-state index < -0.39 is 12.3 Å². The van der Waals surface area contributed by atoms with Gasteiger partial charge < -0.3 is 19.9 Å². The second-order valence-corrected chi connectivity index (χ2v) is 6.96. The van der Waals surface area contributed by atoms with E-state index in [4.69, 9.17) is 9.47 Å². The number of aliphatic hydroxyl groups is 1. The van der Waals surface area contributed by atoms with Crippen LogP contribution in [0.3, 0.4) is 0 Å². The summed E-state index contributed by atoms with van der Waals surface area (Å²) >= 11 is 0. The minimum absolute atomic E-state index is 0.0223. The van der Waals surface area contributed by atoms with Gasteiger partial charge in [-0.2, -0.15) is 4.57 Å². The first-order valence-corrected chi connectivity index (χ1v) is 9.58. The van der Waals surface area contributed by atoms with Crippen molar-refractivity contribution in [3.8, 4) is 0 Å². The average Bonchev–Trinajstić information content (AvgIpc) is 2.73. The highest BCUT2D eigenvalue weighted by atomic mass is 16.6. The van der Waals surface area contributed by atoms with E-state index in [-0.39, 0.29) is 12.8 Å². The maximum absolute atomic E-state index is 12.0. The van der Waals surface area contributed by atoms with Crippen molar-refractivity contribution < 1.29 is 23.9 Å². The van der Waals surface area contributed by atoms with Crippen LogP contribution in [0.4, 0.5) is 4.79 Å². The number of nitrogens with zero attached hydrogens (tertiary/aromatic N) is 2. The lowest BCUT2D eigenvalue weighted by Crippen LogP contribution is -2.41. The van der Waals surface area contributed by atoms with Crippen molar-refractivity contribution in [3.63, 3.8) is 0 Å². The third-order valence-electron chi connectivity index (χ3n) is 4.70. The molecule has 2 heterocycles. The van der Waals surface area contributed by atoms with Gasteiger partial charge in [-0.1, -0.05) is 30.3 Å². The molecule has 1 aromatic carbocycles. The van der Waals surface area contributed by atoms with Crippen LogP contribution in [0.15, 0.2) is 54.9 Å². The normalized spacial score (nSPS) is 16.9. The number of benzene rings is 1. The van der Waals surface area contributed by atoms with Crippen LogP contribution in [0.5, 0.6) is 0 Å². The number of rotatable bonds is 7. The Bertz CT molecular complexity index is 733. The van der Waals surface area contributed by atoms with Gasteiger partial charge in [0, 0.05) is 36.8 Å². The van der Waals surface area contributed by atoms with Crippen LogP contribution in [0.1, 0.15) is 24.3 Å². The molecule has 1 aliphatic heterocycles. The Morgan fingerprint density at radius 3 is 2.57 bits per heavy atom. The van der Waals surface area contributed by atoms with E-state index >= 15 is 0 Å². The predicted molar refractivity (Wildman–Crippen MR) is 103 cm³/mol. The summed E-state index contributed by atoms with van der Waals surface area (Å²) in [6.45, 7) is 4.74. The largest absolute Gasteiger partial charge is 0.412 e. The lowest BCUT2D eigenvalue weighted by Gasteiger charge is -2.30. The zero-order chi connectivity index (χ0) is 19.8. The number of nitrogens with one attached hydrogen (secondary N) is 1. The Balaban J connectivity index is 1.43. The van der Waals surface area contributed by atoms with E-state index in [0.29, 0.717) is 26.3 Å². The summed E-state index contributed by atoms with van der Waals surface area (Å²) in [5.41, 5.74) is 1.97. The standard InChI is InChI=1S/C21H27N3O4/c1-17(15-18-5-3-2-4-6-18)22-21(26)28-16-23-9-7-19(8-10-23)20(25)24-11-13-27-14-12-24/h2-10,17,20,25H,11-16H2,1H3/p+1/t17-,20-/m0/s1. The van der Waals surface area contributed by atoms with Crippen LogP contribution in [0.2, 0.25) is 0 Å². The molecule has 0 spiro atoms. The van der Waals surface area contributed by atoms with E-state index in [1.807, 2.05) is 54.3 Å². The Labute approximate surface area is 165 Å². The zero-order valence-corrected chi connectivity index (χ0v) is 16.2. The summed E-state index contributed by atoms with van der Waals surface area (Å²) in [6.07, 6.45) is 3.23. The van der Waals surface area contributed by atoms with Crippen molar-refractivity contribution in [2.24, 2.45) is 0 Å². The highest BCUT2D eigenvalue weighted by Gasteiger charge is 2.21. The monoisotopic (exact) mass is 386 g/mol. The lowest BCUT2D eigenvalue weighted by molar-refractivity contribution is -0.727. The minimum atomic E-state index is -0.651. The molecule has 2 aromatic rings. The van der Waals surface area contributed by atoms with Crippen molar-refractivity contribution in [1.29, 1.82) is 0 Å². The van der Waals surface area contributed by atoms with Crippen molar-refractivity contribution in [2.75, 3.05) is 26.3 Å². The van der Waals surface area contributed by atoms with Gasteiger partial charge >= 0.3 is 6.09 Å². The quantitative estimate of drug-likeness (QED) is 0.708. The first-order chi connectivity index (χ1) is 13.6. The zero-order valence-electron chi connectivity index (χ0n) is 16.2. The van der Waals surface area contributed by atoms with E-state index in [9.17, 15) is 9.90 Å². The number of hydrogen-bond acceptors (Lipinski definition) is 5. The fourth-order valence-corrected chi connectivity index (χ4v) is 3.15. The topological polar surface area (TPSA) is 74.9 Å². The van der Waals surface area contributed by atoms with E-state index in [0.717, 1.165) is 12.0 Å². The average molecular weight is 386 g/mol. The van der Waals surface area contributed by atoms with Crippen molar-refractivity contribution >= 4 is 6.09 Å². The number of aromatic nitrogens is 1. The summed E-state index contributed by atoms with van der Waals surface area (Å²) in [5, 5.41) is 13.3. The number of pyridine rings is 1. The highest BCUT2D eigenvalue weighted by molar-refractivity contribution is 5.67. The van der Waals surface area contributed by atoms with Crippen LogP contribution in [0.25, 0.3) is 0 Å². The van der Waals surface area contributed by atoms with Crippen molar-refractivity contribution in [1.82, 2.24) is 10.2 Å². The predicted octanol–water partition coefficient (Wildman–Crippen LogP) is 1.61. The number of morpholine rings is 1. The molecule has 0 saturated carbocycles. The third-order valence-corrected chi connectivity index (χ3v) is 4.70. The number of hydrogen-bond donors (Lipinski definition) is 2. The molecule has 7 heteroatoms. The van der Waals surface area contributed by atoms with Gasteiger partial charge in [0.25, 0.3) is 6.73 Å². The Morgan fingerprint density at radius 1 is 1.21 bits per heavy atom. The Hall–Kier alpha value is -2.48. The Kier molecular flexibility index (Phi) is 7.36. The number of ether oxygens (including phenoxy) is 2. The summed E-state index contributed by atoms with van der Waals surface area (Å²) < 4.78 is 12.3. The number of aliphatic hydroxyl groups excluding tert-OH is 1. The molecule has 1 fully saturated rings. The smallest absolute Gasteiger partial charge is 0.388 e. The maximum Gasteiger partial charge on any atom is 0.412 e. The molecule has 7 nitrogen and oxygen atoms in total. The van der Waals surface area contributed by atoms with Gasteiger partial charge in [-0.3, -0.25) is 4.90 Å². The molecule has 1 aliphatic rings. The first kappa shape index (κ1) is 20.3. The minimum Gasteiger partial charge on any atom is -0.388 e. The van der Waals surface area contributed by atoms with Crippen LogP contribution in [0, 0.1) is 0 Å². The molecule has 2 N–H and O–H groups in total. The van der Waals surface area contributed by atoms with Gasteiger partial charge in [0.05, 0.1) is 13.2 Å². The number of alkyl carbamates (subject to hydrolysis) is 1. The Morgan fingerprint density at radius 2 is 1.89 bits per heavy atom. The molecule has 0 bridgehead atoms. The van der Waals surface area contributed by atoms with Gasteiger partial charge in [0.15, 0.2) is 12.4 Å². The van der Waals surface area contributed by atoms with Gasteiger partial charge in [0.2, 0.25) is 0 Å². The fourth-order valence-electron chi connectivity index (χ4n) is 3.15. The molecular weight excluding hydrogens is 358 g/mol. The van der Waals surface area contributed by atoms with Crippen LogP contribution in [-0.4, -0.2) is 48.4 Å². The molecule has 1 saturated heterocycles. The number of amides is 1. The summed E-state index contributed by atoms with van der Waals surface area (Å²) in [5.74, 6) is 0. The van der Waals surface area contributed by atoms with Gasteiger partial charge in [-0.15, -0.1) is 0 Å². The van der Waals surface area contributed by atoms with Gasteiger partial charge in [-0.05, 0) is 18.9 Å². The fraction of sp³-hybridized carbons (Fsp3) is 0.429. The molecule has 2 atom stereocenters. The van der Waals surface area contributed by atoms with E-state index in [1.54, 1.807) is 17.0 Å². The molecular formula is C21H28N3O4+. The number of carbonyl (C=O) groups is 1. The van der Waals surface area contributed by atoms with Crippen molar-refractivity contribution in [2.45, 2.75) is 32.3 Å². The first-order valence-electron chi connectivity index (χ1n) is 9.58. The molecule has 1 aromatic heterocycles. The highest BCUT2D eigenvalue weighted by Crippen LogP contribution is 2.17. The molecule has 28 heavy (non-hydrogen) atoms. The second-order valence-electron chi connectivity index (χ2n) is 6.96. The van der Waals surface area contributed by atoms with E-state index in [1.165, 1.54) is 5.56 Å². The third kappa shape index (κ3) is 6.02. The molecule has 3 rings (SSSR count). The second kappa shape index (κ2) is 10.2. The van der Waals surface area contributed by atoms with Crippen LogP contribution >= 0.6 is 0 Å². The van der Waals surface area contributed by atoms with Crippen LogP contribution < -0.4 is 9.88 Å². The summed E-state index contributed by atoms with van der Waals surface area (Å²) in [4.78, 5) is 14.0. The number of carbonyl (C=O) groups excluding carboxylic acids is 1. The van der Waals surface area contributed by atoms with Crippen LogP contribution in [-0.2, 0) is 22.6 Å². The van der Waals surface area contributed by atoms with Gasteiger partial charge in [0.1, 0.15) is 6.23 Å². The van der Waals surface area contributed by atoms with Gasteiger partial charge in [-0.25, -0.2) is 4.79 Å². The molecule has 1 amide bonds.